The van der Waals surface area contributed by atoms with E-state index in [1.807, 2.05) is 13.8 Å². The van der Waals surface area contributed by atoms with Gasteiger partial charge in [0, 0.05) is 14.7 Å². The summed E-state index contributed by atoms with van der Waals surface area (Å²) in [6, 6.07) is 18.3. The third-order valence-electron chi connectivity index (χ3n) is 6.85. The highest BCUT2D eigenvalue weighted by atomic mass is 32.3. The molecule has 0 bridgehead atoms. The van der Waals surface area contributed by atoms with Gasteiger partial charge in [-0.3, -0.25) is 0 Å². The van der Waals surface area contributed by atoms with Crippen LogP contribution in [0.3, 0.4) is 0 Å². The smallest absolute Gasteiger partial charge is 0.202 e. The average molecular weight is 675 g/mol. The molecule has 0 fully saturated rings. The second kappa shape index (κ2) is 13.3. The molecular weight excluding hydrogens is 643 g/mol. The van der Waals surface area contributed by atoms with Crippen molar-refractivity contribution in [1.82, 2.24) is 0 Å². The van der Waals surface area contributed by atoms with E-state index in [1.54, 1.807) is 24.3 Å². The first kappa shape index (κ1) is 35.8. The highest BCUT2D eigenvalue weighted by molar-refractivity contribution is 8.33. The van der Waals surface area contributed by atoms with E-state index in [9.17, 15) is 39.2 Å². The van der Waals surface area contributed by atoms with E-state index < -0.39 is 43.7 Å². The highest BCUT2D eigenvalue weighted by Gasteiger charge is 2.86. The fourth-order valence-corrected chi connectivity index (χ4v) is 9.49. The molecule has 0 atom stereocenters. The third kappa shape index (κ3) is 6.62. The number of hydrogen-bond acceptors (Lipinski definition) is 3. The number of rotatable bonds is 14. The molecule has 0 aliphatic heterocycles. The first-order chi connectivity index (χ1) is 20.4. The number of benzene rings is 3. The summed E-state index contributed by atoms with van der Waals surface area (Å²) in [5.74, 6) is -14.9. The Morgan fingerprint density at radius 2 is 0.955 bits per heavy atom. The van der Waals surface area contributed by atoms with Crippen molar-refractivity contribution in [2.45, 2.75) is 90.3 Å². The largest absolute Gasteiger partial charge is 0.460 e. The van der Waals surface area contributed by atoms with E-state index in [1.165, 1.54) is 54.6 Å². The molecule has 0 saturated heterocycles. The molecule has 3 aromatic rings. The monoisotopic (exact) mass is 674 g/mol. The van der Waals surface area contributed by atoms with Crippen LogP contribution in [0.25, 0.3) is 0 Å². The van der Waals surface area contributed by atoms with E-state index in [-0.39, 0.29) is 14.7 Å². The Bertz CT molecular complexity index is 1420. The topological polar surface area (TPSA) is 43.4 Å². The van der Waals surface area contributed by atoms with Gasteiger partial charge in [-0.25, -0.2) is 3.63 Å². The molecule has 3 aromatic carbocycles. The second-order valence-electron chi connectivity index (χ2n) is 10.0. The van der Waals surface area contributed by atoms with Gasteiger partial charge in [-0.1, -0.05) is 69.2 Å². The van der Waals surface area contributed by atoms with Crippen molar-refractivity contribution in [3.05, 3.63) is 90.0 Å². The lowest BCUT2D eigenvalue weighted by molar-refractivity contribution is -0.382. The van der Waals surface area contributed by atoms with Gasteiger partial charge >= 0.3 is 33.4 Å². The van der Waals surface area contributed by atoms with E-state index in [0.29, 0.717) is 12.8 Å². The van der Waals surface area contributed by atoms with Crippen LogP contribution < -0.4 is 0 Å². The van der Waals surface area contributed by atoms with Crippen LogP contribution in [0.4, 0.5) is 39.5 Å². The Morgan fingerprint density at radius 3 is 1.32 bits per heavy atom. The maximum atomic E-state index is 15.1. The lowest BCUT2D eigenvalue weighted by Gasteiger charge is -2.41. The number of unbranched alkanes of at least 4 members (excludes halogenated alkanes) is 2. The third-order valence-corrected chi connectivity index (χ3v) is 12.1. The van der Waals surface area contributed by atoms with Gasteiger partial charge in [0.2, 0.25) is 0 Å². The van der Waals surface area contributed by atoms with Gasteiger partial charge in [0.15, 0.2) is 0 Å². The Labute approximate surface area is 252 Å². The minimum Gasteiger partial charge on any atom is -0.202 e. The van der Waals surface area contributed by atoms with Crippen LogP contribution in [0.15, 0.2) is 93.5 Å². The molecule has 244 valence electrons. The van der Waals surface area contributed by atoms with Gasteiger partial charge < -0.3 is 0 Å². The highest BCUT2D eigenvalue weighted by Crippen LogP contribution is 2.71. The molecule has 0 amide bonds. The predicted octanol–water partition coefficient (Wildman–Crippen LogP) is 10.3. The van der Waals surface area contributed by atoms with E-state index >= 15 is 8.78 Å². The minimum absolute atomic E-state index is 0.101. The van der Waals surface area contributed by atoms with Gasteiger partial charge in [0.25, 0.3) is 0 Å². The Balaban J connectivity index is 2.33. The summed E-state index contributed by atoms with van der Waals surface area (Å²) in [7, 11) is -11.3. The SMILES string of the molecule is CCCCc1ccc(S(OS(=O)(=O)C(F)(F)C(F)(F)C(F)(F)C(F)(F)F)(c2ccccc2)c2ccc(CCCC)cc2)cc1. The van der Waals surface area contributed by atoms with E-state index in [2.05, 4.69) is 0 Å². The van der Waals surface area contributed by atoms with Crippen molar-refractivity contribution < 1.29 is 51.6 Å². The van der Waals surface area contributed by atoms with E-state index in [4.69, 9.17) is 3.63 Å². The summed E-state index contributed by atoms with van der Waals surface area (Å²) in [5, 5.41) is -7.02. The van der Waals surface area contributed by atoms with Crippen LogP contribution >= 0.6 is 10.3 Å². The standard InChI is InChI=1S/C30H31F9O3S2/c1-3-5-10-22-14-18-25(19-15-22)43(24-12-8-7-9-13-24,26-20-16-23(17-21-26)11-6-4-2)42-44(40,41)30(38,39)28(33,34)27(31,32)29(35,36)37/h7-9,12-21H,3-6,10-11H2,1-2H3. The molecule has 0 unspecified atom stereocenters. The maximum absolute atomic E-state index is 15.1. The normalized spacial score (nSPS) is 14.1. The molecule has 0 radical (unpaired) electrons. The molecule has 0 saturated carbocycles. The molecule has 3 nitrogen and oxygen atoms in total. The maximum Gasteiger partial charge on any atom is 0.460 e. The molecule has 0 aliphatic rings. The minimum atomic E-state index is -7.44. The first-order valence-electron chi connectivity index (χ1n) is 13.6. The van der Waals surface area contributed by atoms with Gasteiger partial charge in [-0.05, 0) is 83.5 Å². The fourth-order valence-electron chi connectivity index (χ4n) is 4.29. The fraction of sp³-hybridized carbons (Fsp3) is 0.400. The van der Waals surface area contributed by atoms with Crippen molar-refractivity contribution in [2.75, 3.05) is 0 Å². The summed E-state index contributed by atoms with van der Waals surface area (Å²) >= 11 is 0. The Kier molecular flexibility index (Phi) is 10.8. The lowest BCUT2D eigenvalue weighted by Crippen LogP contribution is -2.63. The average Bonchev–Trinajstić information content (AvgIpc) is 2.98. The van der Waals surface area contributed by atoms with Crippen LogP contribution in [-0.2, 0) is 26.6 Å². The lowest BCUT2D eigenvalue weighted by atomic mass is 10.1. The molecule has 3 rings (SSSR count). The quantitative estimate of drug-likeness (QED) is 0.160. The zero-order valence-electron chi connectivity index (χ0n) is 23.7. The summed E-state index contributed by atoms with van der Waals surface area (Å²) in [4.78, 5) is -0.320. The van der Waals surface area contributed by atoms with Crippen molar-refractivity contribution in [1.29, 1.82) is 0 Å². The Hall–Kier alpha value is -2.71. The van der Waals surface area contributed by atoms with Crippen molar-refractivity contribution in [3.63, 3.8) is 0 Å². The number of hydrogen-bond donors (Lipinski definition) is 0. The predicted molar refractivity (Wildman–Crippen MR) is 150 cm³/mol. The van der Waals surface area contributed by atoms with Crippen LogP contribution in [0, 0.1) is 0 Å². The van der Waals surface area contributed by atoms with Crippen LogP contribution in [0.2, 0.25) is 0 Å². The second-order valence-corrected chi connectivity index (χ2v) is 14.5. The van der Waals surface area contributed by atoms with Gasteiger partial charge in [0.05, 0.1) is 0 Å². The van der Waals surface area contributed by atoms with Crippen LogP contribution in [0.5, 0.6) is 0 Å². The first-order valence-corrected chi connectivity index (χ1v) is 16.6. The molecule has 0 heterocycles. The van der Waals surface area contributed by atoms with Crippen LogP contribution in [0.1, 0.15) is 50.7 Å². The molecular formula is C30H31F9O3S2. The molecule has 0 aliphatic carbocycles. The number of halogens is 9. The molecule has 0 aromatic heterocycles. The van der Waals surface area contributed by atoms with E-state index in [0.717, 1.165) is 36.8 Å². The molecule has 0 spiro atoms. The van der Waals surface area contributed by atoms with Crippen molar-refractivity contribution >= 4 is 20.4 Å². The number of alkyl halides is 9. The van der Waals surface area contributed by atoms with Crippen molar-refractivity contribution in [2.24, 2.45) is 0 Å². The number of aryl methyl sites for hydroxylation is 2. The summed E-state index contributed by atoms with van der Waals surface area (Å²) in [6.45, 7) is 3.89. The molecule has 44 heavy (non-hydrogen) atoms. The molecule has 14 heteroatoms. The van der Waals surface area contributed by atoms with Crippen molar-refractivity contribution in [3.8, 4) is 0 Å². The summed E-state index contributed by atoms with van der Waals surface area (Å²) in [6.07, 6.45) is -2.82. The summed E-state index contributed by atoms with van der Waals surface area (Å²) < 4.78 is 156. The zero-order valence-corrected chi connectivity index (χ0v) is 25.3. The van der Waals surface area contributed by atoms with Gasteiger partial charge in [-0.2, -0.15) is 47.9 Å². The van der Waals surface area contributed by atoms with Crippen LogP contribution in [-0.4, -0.2) is 31.7 Å². The van der Waals surface area contributed by atoms with Gasteiger partial charge in [-0.15, -0.1) is 0 Å². The van der Waals surface area contributed by atoms with Gasteiger partial charge in [0.1, 0.15) is 0 Å². The Morgan fingerprint density at radius 1 is 0.568 bits per heavy atom. The zero-order chi connectivity index (χ0) is 33.0. The summed E-state index contributed by atoms with van der Waals surface area (Å²) in [5.41, 5.74) is 1.52. The molecule has 0 N–H and O–H groups in total.